The predicted molar refractivity (Wildman–Crippen MR) is 85.9 cm³/mol. The molecule has 0 unspecified atom stereocenters. The van der Waals surface area contributed by atoms with Crippen LogP contribution in [0.25, 0.3) is 0 Å². The lowest BCUT2D eigenvalue weighted by molar-refractivity contribution is -0.122. The number of rotatable bonds is 4. The van der Waals surface area contributed by atoms with E-state index in [1.165, 1.54) is 18.0 Å². The molecule has 0 saturated heterocycles. The van der Waals surface area contributed by atoms with Gasteiger partial charge in [-0.25, -0.2) is 4.98 Å². The Kier molecular flexibility index (Phi) is 4.75. The fraction of sp³-hybridized carbons (Fsp3) is 0.353. The van der Waals surface area contributed by atoms with Gasteiger partial charge >= 0.3 is 0 Å². The van der Waals surface area contributed by atoms with Gasteiger partial charge in [0.15, 0.2) is 11.9 Å². The number of nitrogens with one attached hydrogen (secondary N) is 1. The van der Waals surface area contributed by atoms with E-state index in [2.05, 4.69) is 36.1 Å². The number of hydrogen-bond acceptors (Lipinski definition) is 4. The van der Waals surface area contributed by atoms with Crippen LogP contribution in [-0.4, -0.2) is 22.0 Å². The standard InChI is InChI=1S/C17H21N3O2/c1-12(16(21)20-15-11-18-9-10-19-15)22-14-7-5-13(6-8-14)17(2,3)4/h5-12H,1-4H3,(H,19,20,21)/t12-/m1/s1. The zero-order valence-electron chi connectivity index (χ0n) is 13.3. The summed E-state index contributed by atoms with van der Waals surface area (Å²) in [6.07, 6.45) is 3.93. The summed E-state index contributed by atoms with van der Waals surface area (Å²) in [6.45, 7) is 8.16. The molecule has 116 valence electrons. The smallest absolute Gasteiger partial charge is 0.266 e. The second-order valence-corrected chi connectivity index (χ2v) is 6.11. The molecular weight excluding hydrogens is 278 g/mol. The van der Waals surface area contributed by atoms with Crippen LogP contribution in [0.1, 0.15) is 33.3 Å². The Labute approximate surface area is 130 Å². The average molecular weight is 299 g/mol. The van der Waals surface area contributed by atoms with Crippen molar-refractivity contribution in [2.45, 2.75) is 39.2 Å². The average Bonchev–Trinajstić information content (AvgIpc) is 2.48. The van der Waals surface area contributed by atoms with Crippen LogP contribution >= 0.6 is 0 Å². The van der Waals surface area contributed by atoms with E-state index < -0.39 is 6.10 Å². The lowest BCUT2D eigenvalue weighted by Crippen LogP contribution is -2.30. The van der Waals surface area contributed by atoms with Gasteiger partial charge < -0.3 is 10.1 Å². The van der Waals surface area contributed by atoms with E-state index in [9.17, 15) is 4.79 Å². The number of carbonyl (C=O) groups is 1. The predicted octanol–water partition coefficient (Wildman–Crippen LogP) is 3.18. The van der Waals surface area contributed by atoms with Gasteiger partial charge in [-0.3, -0.25) is 9.78 Å². The van der Waals surface area contributed by atoms with E-state index in [0.29, 0.717) is 11.6 Å². The minimum absolute atomic E-state index is 0.0908. The maximum absolute atomic E-state index is 12.0. The monoisotopic (exact) mass is 299 g/mol. The molecule has 0 radical (unpaired) electrons. The first-order valence-electron chi connectivity index (χ1n) is 7.20. The third-order valence-electron chi connectivity index (χ3n) is 3.22. The molecule has 2 aromatic rings. The van der Waals surface area contributed by atoms with Crippen LogP contribution in [0.3, 0.4) is 0 Å². The van der Waals surface area contributed by atoms with Crippen molar-refractivity contribution in [1.82, 2.24) is 9.97 Å². The molecule has 0 aliphatic rings. The van der Waals surface area contributed by atoms with Crippen LogP contribution in [-0.2, 0) is 10.2 Å². The van der Waals surface area contributed by atoms with Crippen molar-refractivity contribution in [3.05, 3.63) is 48.4 Å². The zero-order chi connectivity index (χ0) is 16.2. The normalized spacial score (nSPS) is 12.5. The maximum atomic E-state index is 12.0. The maximum Gasteiger partial charge on any atom is 0.266 e. The van der Waals surface area contributed by atoms with Gasteiger partial charge in [0.05, 0.1) is 6.20 Å². The number of amides is 1. The van der Waals surface area contributed by atoms with E-state index >= 15 is 0 Å². The second kappa shape index (κ2) is 6.56. The minimum atomic E-state index is -0.623. The Morgan fingerprint density at radius 1 is 1.18 bits per heavy atom. The SMILES string of the molecule is C[C@@H](Oc1ccc(C(C)(C)C)cc1)C(=O)Nc1cnccn1. The van der Waals surface area contributed by atoms with Gasteiger partial charge in [-0.05, 0) is 30.0 Å². The number of anilines is 1. The van der Waals surface area contributed by atoms with Crippen molar-refractivity contribution in [2.24, 2.45) is 0 Å². The third kappa shape index (κ3) is 4.28. The topological polar surface area (TPSA) is 64.1 Å². The summed E-state index contributed by atoms with van der Waals surface area (Å²) in [5, 5.41) is 2.66. The van der Waals surface area contributed by atoms with Gasteiger partial charge in [-0.1, -0.05) is 32.9 Å². The van der Waals surface area contributed by atoms with Crippen molar-refractivity contribution in [3.8, 4) is 5.75 Å². The summed E-state index contributed by atoms with van der Waals surface area (Å²) in [5.41, 5.74) is 1.31. The molecule has 0 bridgehead atoms. The molecule has 22 heavy (non-hydrogen) atoms. The molecule has 1 aromatic carbocycles. The second-order valence-electron chi connectivity index (χ2n) is 6.11. The van der Waals surface area contributed by atoms with E-state index in [4.69, 9.17) is 4.74 Å². The molecule has 0 aliphatic heterocycles. The van der Waals surface area contributed by atoms with Crippen molar-refractivity contribution in [3.63, 3.8) is 0 Å². The number of ether oxygens (including phenoxy) is 1. The van der Waals surface area contributed by atoms with Crippen molar-refractivity contribution < 1.29 is 9.53 Å². The van der Waals surface area contributed by atoms with E-state index in [1.54, 1.807) is 13.1 Å². The largest absolute Gasteiger partial charge is 0.481 e. The van der Waals surface area contributed by atoms with Crippen molar-refractivity contribution in [2.75, 3.05) is 5.32 Å². The molecule has 1 atom stereocenters. The van der Waals surface area contributed by atoms with Gasteiger partial charge in [-0.15, -0.1) is 0 Å². The van der Waals surface area contributed by atoms with Gasteiger partial charge in [-0.2, -0.15) is 0 Å². The molecule has 0 saturated carbocycles. The van der Waals surface area contributed by atoms with Crippen LogP contribution in [0.4, 0.5) is 5.82 Å². The highest BCUT2D eigenvalue weighted by atomic mass is 16.5. The molecule has 5 nitrogen and oxygen atoms in total. The zero-order valence-corrected chi connectivity index (χ0v) is 13.3. The summed E-state index contributed by atoms with van der Waals surface area (Å²) >= 11 is 0. The fourth-order valence-corrected chi connectivity index (χ4v) is 1.88. The first-order valence-corrected chi connectivity index (χ1v) is 7.20. The molecule has 1 N–H and O–H groups in total. The molecule has 5 heteroatoms. The number of hydrogen-bond donors (Lipinski definition) is 1. The number of benzene rings is 1. The molecular formula is C17H21N3O2. The van der Waals surface area contributed by atoms with Gasteiger partial charge in [0.2, 0.25) is 0 Å². The molecule has 1 aromatic heterocycles. The first-order chi connectivity index (χ1) is 10.4. The Balaban J connectivity index is 1.96. The van der Waals surface area contributed by atoms with E-state index in [0.717, 1.165) is 0 Å². The van der Waals surface area contributed by atoms with Crippen LogP contribution in [0.5, 0.6) is 5.75 Å². The van der Waals surface area contributed by atoms with E-state index in [1.807, 2.05) is 24.3 Å². The molecule has 1 amide bonds. The first kappa shape index (κ1) is 15.9. The lowest BCUT2D eigenvalue weighted by Gasteiger charge is -2.20. The lowest BCUT2D eigenvalue weighted by atomic mass is 9.87. The molecule has 0 fully saturated rings. The van der Waals surface area contributed by atoms with E-state index in [-0.39, 0.29) is 11.3 Å². The minimum Gasteiger partial charge on any atom is -0.481 e. The van der Waals surface area contributed by atoms with Crippen LogP contribution in [0.15, 0.2) is 42.9 Å². The Bertz CT molecular complexity index is 619. The van der Waals surface area contributed by atoms with Crippen LogP contribution in [0.2, 0.25) is 0 Å². The quantitative estimate of drug-likeness (QED) is 0.941. The summed E-state index contributed by atoms with van der Waals surface area (Å²) in [6, 6.07) is 7.80. The number of carbonyl (C=O) groups excluding carboxylic acids is 1. The number of nitrogens with zero attached hydrogens (tertiary/aromatic N) is 2. The Morgan fingerprint density at radius 3 is 2.41 bits per heavy atom. The highest BCUT2D eigenvalue weighted by Crippen LogP contribution is 2.24. The summed E-state index contributed by atoms with van der Waals surface area (Å²) in [4.78, 5) is 19.9. The third-order valence-corrected chi connectivity index (χ3v) is 3.22. The Morgan fingerprint density at radius 2 is 1.86 bits per heavy atom. The van der Waals surface area contributed by atoms with Crippen molar-refractivity contribution >= 4 is 11.7 Å². The molecule has 2 rings (SSSR count). The summed E-state index contributed by atoms with van der Waals surface area (Å²) in [5.74, 6) is 0.807. The number of aromatic nitrogens is 2. The highest BCUT2D eigenvalue weighted by molar-refractivity contribution is 5.93. The van der Waals surface area contributed by atoms with Gasteiger partial charge in [0.25, 0.3) is 5.91 Å². The van der Waals surface area contributed by atoms with Gasteiger partial charge in [0, 0.05) is 12.4 Å². The summed E-state index contributed by atoms with van der Waals surface area (Å²) < 4.78 is 5.66. The van der Waals surface area contributed by atoms with Gasteiger partial charge in [0.1, 0.15) is 5.75 Å². The fourth-order valence-electron chi connectivity index (χ4n) is 1.88. The summed E-state index contributed by atoms with van der Waals surface area (Å²) in [7, 11) is 0. The Hall–Kier alpha value is -2.43. The van der Waals surface area contributed by atoms with Crippen LogP contribution in [0, 0.1) is 0 Å². The molecule has 1 heterocycles. The van der Waals surface area contributed by atoms with Crippen molar-refractivity contribution in [1.29, 1.82) is 0 Å². The van der Waals surface area contributed by atoms with Crippen LogP contribution < -0.4 is 10.1 Å². The molecule has 0 aliphatic carbocycles. The highest BCUT2D eigenvalue weighted by Gasteiger charge is 2.17. The molecule has 0 spiro atoms.